The van der Waals surface area contributed by atoms with Crippen LogP contribution in [0, 0.1) is 5.92 Å². The maximum Gasteiger partial charge on any atom is 0.242 e. The molecule has 11 nitrogen and oxygen atoms in total. The summed E-state index contributed by atoms with van der Waals surface area (Å²) in [5.74, 6) is 0.988. The van der Waals surface area contributed by atoms with Gasteiger partial charge in [0.1, 0.15) is 6.04 Å². The minimum atomic E-state index is -0.639. The first-order chi connectivity index (χ1) is 20.7. The number of anilines is 1. The second-order valence-corrected chi connectivity index (χ2v) is 10.7. The standard InChI is InChI=1S/C32H41N5O6/c1-7-19(2)29(32(40)34-13-15-37-14-12-33-18-37)36-25-11-9-22-23(17-26(25)39)24(35-20(3)38)10-8-21-16-27(41-4)30(42-5)31(43-6)28(21)22/h9,11-12,14,16-19,24,29H,7-8,10,13,15H2,1-6H3,(H,34,40)(H,35,38)(H,36,39)/t19-,24+,29+/m1/s1. The lowest BCUT2D eigenvalue weighted by Crippen LogP contribution is -2.45. The topological polar surface area (TPSA) is 133 Å². The van der Waals surface area contributed by atoms with Crippen LogP contribution in [0.15, 0.2) is 47.8 Å². The summed E-state index contributed by atoms with van der Waals surface area (Å²) in [6.07, 6.45) is 7.11. The lowest BCUT2D eigenvalue weighted by atomic mass is 9.95. The molecule has 0 bridgehead atoms. The maximum atomic E-state index is 13.8. The van der Waals surface area contributed by atoms with E-state index in [1.807, 2.05) is 36.7 Å². The van der Waals surface area contributed by atoms with Crippen LogP contribution in [0.1, 0.15) is 50.8 Å². The van der Waals surface area contributed by atoms with Crippen molar-refractivity contribution in [2.45, 2.75) is 58.7 Å². The molecule has 0 saturated heterocycles. The van der Waals surface area contributed by atoms with Gasteiger partial charge in [0.15, 0.2) is 11.5 Å². The van der Waals surface area contributed by atoms with Crippen LogP contribution in [0.3, 0.4) is 0 Å². The van der Waals surface area contributed by atoms with E-state index in [4.69, 9.17) is 14.2 Å². The third-order valence-electron chi connectivity index (χ3n) is 7.95. The Morgan fingerprint density at radius 2 is 1.88 bits per heavy atom. The first-order valence-electron chi connectivity index (χ1n) is 14.5. The molecule has 11 heteroatoms. The zero-order chi connectivity index (χ0) is 31.1. The molecule has 4 rings (SSSR count). The Balaban J connectivity index is 1.79. The number of aromatic nitrogens is 2. The highest BCUT2D eigenvalue weighted by Gasteiger charge is 2.30. The predicted molar refractivity (Wildman–Crippen MR) is 165 cm³/mol. The monoisotopic (exact) mass is 591 g/mol. The molecule has 1 heterocycles. The highest BCUT2D eigenvalue weighted by Crippen LogP contribution is 2.50. The summed E-state index contributed by atoms with van der Waals surface area (Å²) in [6, 6.07) is 5.94. The molecular weight excluding hydrogens is 550 g/mol. The predicted octanol–water partition coefficient (Wildman–Crippen LogP) is 3.70. The number of nitrogens with one attached hydrogen (secondary N) is 3. The van der Waals surface area contributed by atoms with E-state index in [1.54, 1.807) is 46.0 Å². The minimum Gasteiger partial charge on any atom is -0.493 e. The van der Waals surface area contributed by atoms with Crippen LogP contribution < -0.4 is 35.6 Å². The van der Waals surface area contributed by atoms with Crippen LogP contribution in [0.2, 0.25) is 0 Å². The van der Waals surface area contributed by atoms with E-state index in [0.717, 1.165) is 23.1 Å². The number of benzene rings is 1. The Morgan fingerprint density at radius 1 is 1.12 bits per heavy atom. The Labute approximate surface area is 252 Å². The third-order valence-corrected chi connectivity index (χ3v) is 7.95. The highest BCUT2D eigenvalue weighted by molar-refractivity contribution is 5.86. The molecule has 1 aliphatic carbocycles. The summed E-state index contributed by atoms with van der Waals surface area (Å²) in [7, 11) is 4.67. The van der Waals surface area contributed by atoms with Gasteiger partial charge in [-0.2, -0.15) is 0 Å². The average Bonchev–Trinajstić information content (AvgIpc) is 3.41. The summed E-state index contributed by atoms with van der Waals surface area (Å²) in [4.78, 5) is 43.4. The average molecular weight is 592 g/mol. The Hall–Kier alpha value is -4.54. The SMILES string of the molecule is CC[C@@H](C)[C@H](Nc1ccc2c(cc1=O)[C@@H](NC(C)=O)CCc1cc(OC)c(OC)c(OC)c1-2)C(=O)NCCn1ccnc1. The fraction of sp³-hybridized carbons (Fsp3) is 0.438. The van der Waals surface area contributed by atoms with Gasteiger partial charge in [0.2, 0.25) is 23.0 Å². The fourth-order valence-electron chi connectivity index (χ4n) is 5.53. The summed E-state index contributed by atoms with van der Waals surface area (Å²) in [6.45, 7) is 6.44. The summed E-state index contributed by atoms with van der Waals surface area (Å²) in [5.41, 5.74) is 3.07. The summed E-state index contributed by atoms with van der Waals surface area (Å²) < 4.78 is 19.0. The molecule has 0 saturated carbocycles. The van der Waals surface area contributed by atoms with Crippen molar-refractivity contribution >= 4 is 17.5 Å². The number of fused-ring (bicyclic) bond motifs is 3. The summed E-state index contributed by atoms with van der Waals surface area (Å²) in [5, 5.41) is 9.24. The maximum absolute atomic E-state index is 13.8. The molecule has 2 aromatic carbocycles. The molecule has 2 amide bonds. The van der Waals surface area contributed by atoms with Gasteiger partial charge in [-0.05, 0) is 53.6 Å². The number of ether oxygens (including phenoxy) is 3. The Bertz CT molecular complexity index is 1510. The third kappa shape index (κ3) is 6.93. The smallest absolute Gasteiger partial charge is 0.242 e. The van der Waals surface area contributed by atoms with E-state index in [9.17, 15) is 14.4 Å². The van der Waals surface area contributed by atoms with Crippen LogP contribution in [0.4, 0.5) is 5.69 Å². The lowest BCUT2D eigenvalue weighted by Gasteiger charge is -2.24. The quantitative estimate of drug-likeness (QED) is 0.291. The first kappa shape index (κ1) is 31.4. The number of aryl methyl sites for hydroxylation is 1. The normalized spacial score (nSPS) is 15.2. The number of imidazole rings is 1. The zero-order valence-electron chi connectivity index (χ0n) is 25.7. The van der Waals surface area contributed by atoms with Crippen molar-refractivity contribution in [1.29, 1.82) is 0 Å². The number of amides is 2. The van der Waals surface area contributed by atoms with Crippen molar-refractivity contribution in [3.05, 3.63) is 64.3 Å². The van der Waals surface area contributed by atoms with Gasteiger partial charge in [-0.25, -0.2) is 4.98 Å². The van der Waals surface area contributed by atoms with Crippen molar-refractivity contribution in [1.82, 2.24) is 20.2 Å². The molecule has 3 N–H and O–H groups in total. The highest BCUT2D eigenvalue weighted by atomic mass is 16.5. The molecule has 0 unspecified atom stereocenters. The number of methoxy groups -OCH3 is 3. The second-order valence-electron chi connectivity index (χ2n) is 10.7. The first-order valence-corrected chi connectivity index (χ1v) is 14.5. The number of nitrogens with zero attached hydrogens (tertiary/aromatic N) is 2. The molecule has 230 valence electrons. The lowest BCUT2D eigenvalue weighted by molar-refractivity contribution is -0.123. The molecule has 43 heavy (non-hydrogen) atoms. The van der Waals surface area contributed by atoms with Crippen LogP contribution >= 0.6 is 0 Å². The van der Waals surface area contributed by atoms with E-state index in [-0.39, 0.29) is 28.8 Å². The van der Waals surface area contributed by atoms with Crippen LogP contribution in [0.25, 0.3) is 11.1 Å². The Kier molecular flexibility index (Phi) is 10.3. The fourth-order valence-corrected chi connectivity index (χ4v) is 5.53. The van der Waals surface area contributed by atoms with E-state index >= 15 is 0 Å². The van der Waals surface area contributed by atoms with Gasteiger partial charge in [-0.1, -0.05) is 26.3 Å². The molecule has 3 aromatic rings. The van der Waals surface area contributed by atoms with Gasteiger partial charge in [0.25, 0.3) is 0 Å². The van der Waals surface area contributed by atoms with Gasteiger partial charge in [-0.3, -0.25) is 14.4 Å². The number of hydrogen-bond donors (Lipinski definition) is 3. The molecule has 0 radical (unpaired) electrons. The summed E-state index contributed by atoms with van der Waals surface area (Å²) >= 11 is 0. The van der Waals surface area contributed by atoms with Crippen molar-refractivity contribution in [2.24, 2.45) is 5.92 Å². The van der Waals surface area contributed by atoms with E-state index in [1.165, 1.54) is 6.92 Å². The number of rotatable bonds is 12. The second kappa shape index (κ2) is 14.1. The number of carbonyl (C=O) groups excluding carboxylic acids is 2. The van der Waals surface area contributed by atoms with Gasteiger partial charge in [-0.15, -0.1) is 0 Å². The zero-order valence-corrected chi connectivity index (χ0v) is 25.7. The van der Waals surface area contributed by atoms with Crippen molar-refractivity contribution < 1.29 is 23.8 Å². The van der Waals surface area contributed by atoms with Crippen LogP contribution in [0.5, 0.6) is 17.2 Å². The van der Waals surface area contributed by atoms with E-state index in [2.05, 4.69) is 20.9 Å². The molecule has 0 spiro atoms. The van der Waals surface area contributed by atoms with Crippen molar-refractivity contribution in [3.8, 4) is 28.4 Å². The molecule has 1 aromatic heterocycles. The minimum absolute atomic E-state index is 0.0549. The Morgan fingerprint density at radius 3 is 2.51 bits per heavy atom. The van der Waals surface area contributed by atoms with Crippen molar-refractivity contribution in [3.63, 3.8) is 0 Å². The van der Waals surface area contributed by atoms with E-state index in [0.29, 0.717) is 48.7 Å². The van der Waals surface area contributed by atoms with Crippen LogP contribution in [-0.4, -0.2) is 55.3 Å². The van der Waals surface area contributed by atoms with E-state index < -0.39 is 12.1 Å². The largest absolute Gasteiger partial charge is 0.493 e. The molecule has 0 fully saturated rings. The number of carbonyl (C=O) groups is 2. The molecule has 0 aliphatic heterocycles. The van der Waals surface area contributed by atoms with Crippen molar-refractivity contribution in [2.75, 3.05) is 33.2 Å². The molecule has 3 atom stereocenters. The van der Waals surface area contributed by atoms with Gasteiger partial charge < -0.3 is 34.7 Å². The molecular formula is C32H41N5O6. The van der Waals surface area contributed by atoms with Crippen LogP contribution in [-0.2, 0) is 22.6 Å². The van der Waals surface area contributed by atoms with Gasteiger partial charge in [0, 0.05) is 38.0 Å². The number of hydrogen-bond acceptors (Lipinski definition) is 8. The van der Waals surface area contributed by atoms with Gasteiger partial charge in [0.05, 0.1) is 39.4 Å². The molecule has 1 aliphatic rings. The van der Waals surface area contributed by atoms with Gasteiger partial charge >= 0.3 is 0 Å².